The molecule has 0 N–H and O–H groups in total. The highest BCUT2D eigenvalue weighted by Gasteiger charge is 2.22. The summed E-state index contributed by atoms with van der Waals surface area (Å²) in [5, 5.41) is 12.9. The molecule has 0 bridgehead atoms. The molecule has 0 radical (unpaired) electrons. The van der Waals surface area contributed by atoms with Crippen molar-refractivity contribution < 1.29 is 0 Å². The molecule has 0 aliphatic rings. The Balaban J connectivity index is 0.799. The summed E-state index contributed by atoms with van der Waals surface area (Å²) in [6.45, 7) is 0. The molecule has 5 heterocycles. The summed E-state index contributed by atoms with van der Waals surface area (Å²) in [5.74, 6) is 0.620. The summed E-state index contributed by atoms with van der Waals surface area (Å²) >= 11 is 0. The molecule has 0 amide bonds. The van der Waals surface area contributed by atoms with Gasteiger partial charge in [0, 0.05) is 71.1 Å². The average Bonchev–Trinajstić information content (AvgIpc) is 4.33. The van der Waals surface area contributed by atoms with E-state index >= 15 is 0 Å². The first-order valence-electron chi connectivity index (χ1n) is 28.7. The van der Waals surface area contributed by atoms with Crippen molar-refractivity contribution in [3.05, 3.63) is 291 Å². The van der Waals surface area contributed by atoms with Gasteiger partial charge in [-0.25, -0.2) is 9.97 Å². The van der Waals surface area contributed by atoms with Crippen LogP contribution in [-0.4, -0.2) is 28.2 Å². The Labute approximate surface area is 482 Å². The number of hydrogen-bond donors (Lipinski definition) is 0. The van der Waals surface area contributed by atoms with E-state index in [1.54, 1.807) is 0 Å². The molecule has 84 heavy (non-hydrogen) atoms. The van der Waals surface area contributed by atoms with Crippen molar-refractivity contribution in [2.45, 2.75) is 0 Å². The molecule has 13 aromatic carbocycles. The van der Waals surface area contributed by atoms with E-state index < -0.39 is 0 Å². The summed E-state index contributed by atoms with van der Waals surface area (Å²) in [5.41, 5.74) is 19.9. The molecule has 0 atom stereocenters. The summed E-state index contributed by atoms with van der Waals surface area (Å²) < 4.78 is 9.44. The lowest BCUT2D eigenvalue weighted by Crippen LogP contribution is -2.04. The topological polar surface area (TPSA) is 45.5 Å². The van der Waals surface area contributed by atoms with E-state index in [4.69, 9.17) is 9.97 Å². The molecule has 0 unspecified atom stereocenters. The first kappa shape index (κ1) is 46.4. The van der Waals surface area contributed by atoms with Crippen molar-refractivity contribution in [3.8, 4) is 56.5 Å². The lowest BCUT2D eigenvalue weighted by atomic mass is 9.99. The molecule has 0 aliphatic carbocycles. The highest BCUT2D eigenvalue weighted by Crippen LogP contribution is 2.43. The number of fused-ring (bicyclic) bond motifs is 15. The summed E-state index contributed by atoms with van der Waals surface area (Å²) in [6.07, 6.45) is 0. The standard InChI is InChI=1S/C78H48N6/c1-3-20-55(21-4-1)81-68-30-13-10-27-60(68)64-45-50(36-41-72(64)81)51-37-43-74-66(46-51)62-29-12-15-32-70(62)83(74)57-24-17-19-54(44-57)77-76-58-25-8-7-18-49(58)35-40-67(76)79-78(80-77)84-71-33-16-9-26-59(71)63-39-34-53(48-75(63)84)52-38-42-73-65(47-52)61-28-11-14-31-69(61)82(73)56-22-5-2-6-23-56/h1-48H. The number of aromatic nitrogens is 6. The van der Waals surface area contributed by atoms with Gasteiger partial charge in [0.15, 0.2) is 0 Å². The number of para-hydroxylation sites is 6. The van der Waals surface area contributed by atoms with Gasteiger partial charge in [-0.15, -0.1) is 0 Å². The first-order chi connectivity index (χ1) is 41.7. The fourth-order valence-electron chi connectivity index (χ4n) is 13.8. The Kier molecular flexibility index (Phi) is 9.99. The van der Waals surface area contributed by atoms with Gasteiger partial charge in [-0.2, -0.15) is 0 Å². The van der Waals surface area contributed by atoms with Crippen LogP contribution in [0.15, 0.2) is 291 Å². The van der Waals surface area contributed by atoms with Crippen LogP contribution >= 0.6 is 0 Å². The molecule has 18 aromatic rings. The zero-order chi connectivity index (χ0) is 55.0. The predicted molar refractivity (Wildman–Crippen MR) is 351 cm³/mol. The lowest BCUT2D eigenvalue weighted by Gasteiger charge is -2.15. The molecule has 0 aliphatic heterocycles. The maximum atomic E-state index is 5.76. The molecule has 0 spiro atoms. The second kappa shape index (κ2) is 18.1. The van der Waals surface area contributed by atoms with Gasteiger partial charge in [0.05, 0.1) is 55.3 Å². The smallest absolute Gasteiger partial charge is 0.235 e. The first-order valence-corrected chi connectivity index (χ1v) is 28.7. The van der Waals surface area contributed by atoms with Crippen molar-refractivity contribution in [1.29, 1.82) is 0 Å². The maximum Gasteiger partial charge on any atom is 0.235 e. The molecule has 0 fully saturated rings. The van der Waals surface area contributed by atoms with Crippen LogP contribution in [0.3, 0.4) is 0 Å². The zero-order valence-corrected chi connectivity index (χ0v) is 45.4. The second-order valence-corrected chi connectivity index (χ2v) is 22.1. The molecule has 6 nitrogen and oxygen atoms in total. The van der Waals surface area contributed by atoms with Gasteiger partial charge in [0.2, 0.25) is 5.95 Å². The summed E-state index contributed by atoms with van der Waals surface area (Å²) in [7, 11) is 0. The van der Waals surface area contributed by atoms with Gasteiger partial charge >= 0.3 is 0 Å². The fraction of sp³-hybridized carbons (Fsp3) is 0. The Morgan fingerprint density at radius 3 is 1.17 bits per heavy atom. The van der Waals surface area contributed by atoms with Gasteiger partial charge in [-0.05, 0) is 142 Å². The summed E-state index contributed by atoms with van der Waals surface area (Å²) in [6, 6.07) is 106. The van der Waals surface area contributed by atoms with E-state index in [1.165, 1.54) is 65.5 Å². The molecule has 0 saturated carbocycles. The molecule has 18 rings (SSSR count). The Hall–Kier alpha value is -11.3. The zero-order valence-electron chi connectivity index (χ0n) is 45.4. The monoisotopic (exact) mass is 1070 g/mol. The largest absolute Gasteiger partial charge is 0.309 e. The van der Waals surface area contributed by atoms with E-state index in [0.29, 0.717) is 5.95 Å². The third kappa shape index (κ3) is 6.92. The molecular formula is C78H48N6. The van der Waals surface area contributed by atoms with Gasteiger partial charge in [0.1, 0.15) is 0 Å². The van der Waals surface area contributed by atoms with Crippen molar-refractivity contribution >= 4 is 109 Å². The Morgan fingerprint density at radius 1 is 0.214 bits per heavy atom. The van der Waals surface area contributed by atoms with Gasteiger partial charge in [-0.1, -0.05) is 182 Å². The van der Waals surface area contributed by atoms with Crippen LogP contribution < -0.4 is 0 Å². The molecular weight excluding hydrogens is 1020 g/mol. The van der Waals surface area contributed by atoms with Crippen molar-refractivity contribution in [3.63, 3.8) is 0 Å². The molecule has 0 saturated heterocycles. The van der Waals surface area contributed by atoms with Crippen LogP contribution in [0.1, 0.15) is 0 Å². The van der Waals surface area contributed by atoms with Gasteiger partial charge in [0.25, 0.3) is 0 Å². The third-order valence-corrected chi connectivity index (χ3v) is 17.5. The molecule has 390 valence electrons. The van der Waals surface area contributed by atoms with Gasteiger partial charge < -0.3 is 13.7 Å². The second-order valence-electron chi connectivity index (χ2n) is 22.1. The van der Waals surface area contributed by atoms with Crippen LogP contribution in [0.4, 0.5) is 0 Å². The lowest BCUT2D eigenvalue weighted by molar-refractivity contribution is 1.01. The Bertz CT molecular complexity index is 5740. The van der Waals surface area contributed by atoms with E-state index in [2.05, 4.69) is 309 Å². The normalized spacial score (nSPS) is 12.0. The minimum atomic E-state index is 0.620. The van der Waals surface area contributed by atoms with Crippen LogP contribution in [0.2, 0.25) is 0 Å². The molecule has 5 aromatic heterocycles. The van der Waals surface area contributed by atoms with Crippen molar-refractivity contribution in [1.82, 2.24) is 28.2 Å². The van der Waals surface area contributed by atoms with E-state index in [1.807, 2.05) is 0 Å². The van der Waals surface area contributed by atoms with Crippen molar-refractivity contribution in [2.24, 2.45) is 0 Å². The summed E-state index contributed by atoms with van der Waals surface area (Å²) in [4.78, 5) is 11.3. The minimum absolute atomic E-state index is 0.620. The Morgan fingerprint density at radius 2 is 0.619 bits per heavy atom. The molecule has 6 heteroatoms. The number of hydrogen-bond acceptors (Lipinski definition) is 2. The van der Waals surface area contributed by atoms with E-state index in [9.17, 15) is 0 Å². The van der Waals surface area contributed by atoms with Crippen LogP contribution in [0, 0.1) is 0 Å². The number of nitrogens with zero attached hydrogens (tertiary/aromatic N) is 6. The number of benzene rings is 13. The highest BCUT2D eigenvalue weighted by molar-refractivity contribution is 6.16. The van der Waals surface area contributed by atoms with E-state index in [0.717, 1.165) is 94.0 Å². The van der Waals surface area contributed by atoms with E-state index in [-0.39, 0.29) is 0 Å². The SMILES string of the molecule is c1ccc(-n2c3ccccc3c3cc(-c4ccc5c(c4)c4ccccc4n5-c4cccc(-c5nc(-n6c7ccccc7c7ccc(-c8ccc9c(c8)c8ccccc8n9-c8ccccc8)cc76)nc6ccc7ccccc7c56)c4)ccc32)cc1. The average molecular weight is 1070 g/mol. The fourth-order valence-corrected chi connectivity index (χ4v) is 13.8. The van der Waals surface area contributed by atoms with Crippen molar-refractivity contribution in [2.75, 3.05) is 0 Å². The highest BCUT2D eigenvalue weighted by atomic mass is 15.2. The number of rotatable bonds is 7. The third-order valence-electron chi connectivity index (χ3n) is 17.5. The quantitative estimate of drug-likeness (QED) is 0.149. The minimum Gasteiger partial charge on any atom is -0.309 e. The predicted octanol–water partition coefficient (Wildman–Crippen LogP) is 20.2. The van der Waals surface area contributed by atoms with Crippen LogP contribution in [0.25, 0.3) is 165 Å². The van der Waals surface area contributed by atoms with Crippen LogP contribution in [-0.2, 0) is 0 Å². The maximum absolute atomic E-state index is 5.76. The van der Waals surface area contributed by atoms with Gasteiger partial charge in [-0.3, -0.25) is 4.57 Å². The van der Waals surface area contributed by atoms with Crippen LogP contribution in [0.5, 0.6) is 0 Å².